The van der Waals surface area contributed by atoms with Gasteiger partial charge in [0.25, 0.3) is 5.91 Å². The molecule has 1 saturated heterocycles. The first-order valence-electron chi connectivity index (χ1n) is 6.43. The van der Waals surface area contributed by atoms with E-state index in [2.05, 4.69) is 15.9 Å². The Kier molecular flexibility index (Phi) is 4.95. The molecule has 2 rings (SSSR count). The van der Waals surface area contributed by atoms with Gasteiger partial charge in [0.1, 0.15) is 5.82 Å². The second kappa shape index (κ2) is 6.53. The summed E-state index contributed by atoms with van der Waals surface area (Å²) >= 11 is 3.22. The van der Waals surface area contributed by atoms with Crippen LogP contribution in [0.3, 0.4) is 0 Å². The van der Waals surface area contributed by atoms with Gasteiger partial charge in [0.05, 0.1) is 18.1 Å². The summed E-state index contributed by atoms with van der Waals surface area (Å²) in [7, 11) is 1.52. The van der Waals surface area contributed by atoms with Crippen LogP contribution in [0.15, 0.2) is 22.7 Å². The van der Waals surface area contributed by atoms with E-state index >= 15 is 0 Å². The summed E-state index contributed by atoms with van der Waals surface area (Å²) in [6, 6.07) is 3.40. The normalized spacial score (nSPS) is 21.6. The van der Waals surface area contributed by atoms with Gasteiger partial charge in [-0.2, -0.15) is 0 Å². The number of likely N-dealkylation sites (tertiary alicyclic amines) is 1. The highest BCUT2D eigenvalue weighted by Gasteiger charge is 2.37. The molecule has 0 spiro atoms. The molecule has 2 unspecified atom stereocenters. The van der Waals surface area contributed by atoms with Crippen LogP contribution in [-0.2, 0) is 9.53 Å². The lowest BCUT2D eigenvalue weighted by Gasteiger charge is -2.23. The van der Waals surface area contributed by atoms with Gasteiger partial charge >= 0.3 is 5.97 Å². The number of carboxylic acid groups (broad SMARTS) is 1. The topological polar surface area (TPSA) is 66.8 Å². The number of rotatable bonds is 4. The molecule has 1 aromatic rings. The molecule has 0 aromatic heterocycles. The number of halogens is 2. The molecule has 1 fully saturated rings. The molecule has 1 aromatic carbocycles. The largest absolute Gasteiger partial charge is 0.481 e. The monoisotopic (exact) mass is 359 g/mol. The zero-order valence-electron chi connectivity index (χ0n) is 11.4. The van der Waals surface area contributed by atoms with Crippen LogP contribution in [0.4, 0.5) is 4.39 Å². The highest BCUT2D eigenvalue weighted by atomic mass is 79.9. The van der Waals surface area contributed by atoms with Gasteiger partial charge in [-0.25, -0.2) is 4.39 Å². The van der Waals surface area contributed by atoms with Crippen LogP contribution < -0.4 is 0 Å². The van der Waals surface area contributed by atoms with Gasteiger partial charge < -0.3 is 14.7 Å². The predicted octanol–water partition coefficient (Wildman–Crippen LogP) is 2.29. The number of carboxylic acids is 1. The zero-order valence-corrected chi connectivity index (χ0v) is 13.0. The van der Waals surface area contributed by atoms with Crippen LogP contribution in [0.1, 0.15) is 23.2 Å². The molecule has 0 bridgehead atoms. The van der Waals surface area contributed by atoms with Crippen LogP contribution >= 0.6 is 15.9 Å². The van der Waals surface area contributed by atoms with E-state index in [1.165, 1.54) is 24.1 Å². The van der Waals surface area contributed by atoms with Crippen molar-refractivity contribution >= 4 is 27.8 Å². The Hall–Kier alpha value is -1.47. The highest BCUT2D eigenvalue weighted by Crippen LogP contribution is 2.27. The number of aliphatic carboxylic acids is 1. The van der Waals surface area contributed by atoms with E-state index in [1.54, 1.807) is 0 Å². The zero-order chi connectivity index (χ0) is 15.6. The van der Waals surface area contributed by atoms with Crippen LogP contribution in [0.2, 0.25) is 0 Å². The quantitative estimate of drug-likeness (QED) is 0.895. The summed E-state index contributed by atoms with van der Waals surface area (Å²) < 4.78 is 19.0. The van der Waals surface area contributed by atoms with E-state index in [-0.39, 0.29) is 18.1 Å². The number of benzene rings is 1. The Morgan fingerprint density at radius 2 is 2.24 bits per heavy atom. The minimum atomic E-state index is -0.979. The fourth-order valence-electron chi connectivity index (χ4n) is 2.50. The summed E-state index contributed by atoms with van der Waals surface area (Å²) in [5, 5.41) is 8.95. The molecular formula is C14H15BrFNO4. The maximum absolute atomic E-state index is 13.3. The third-order valence-corrected chi connectivity index (χ3v) is 4.23. The summed E-state index contributed by atoms with van der Waals surface area (Å²) in [6.07, 6.45) is 0.102. The number of carbonyl (C=O) groups is 2. The summed E-state index contributed by atoms with van der Waals surface area (Å²) in [4.78, 5) is 24.9. The van der Waals surface area contributed by atoms with Gasteiger partial charge in [0, 0.05) is 24.2 Å². The number of nitrogens with zero attached hydrogens (tertiary/aromatic N) is 1. The van der Waals surface area contributed by atoms with Gasteiger partial charge in [-0.3, -0.25) is 9.59 Å². The molecule has 7 heteroatoms. The van der Waals surface area contributed by atoms with E-state index in [9.17, 15) is 14.0 Å². The number of amides is 1. The van der Waals surface area contributed by atoms with Gasteiger partial charge in [0.15, 0.2) is 0 Å². The van der Waals surface area contributed by atoms with Gasteiger partial charge in [-0.1, -0.05) is 0 Å². The standard InChI is InChI=1S/C14H15BrFNO4/c1-21-10-5-9(6-13(18)19)17(7-10)14(20)11-4-8(16)2-3-12(11)15/h2-4,9-10H,5-7H2,1H3,(H,18,19). The molecule has 0 radical (unpaired) electrons. The lowest BCUT2D eigenvalue weighted by Crippen LogP contribution is -2.37. The average Bonchev–Trinajstić information content (AvgIpc) is 2.83. The second-order valence-electron chi connectivity index (χ2n) is 4.93. The van der Waals surface area contributed by atoms with Crippen molar-refractivity contribution in [2.75, 3.05) is 13.7 Å². The first-order chi connectivity index (χ1) is 9.92. The van der Waals surface area contributed by atoms with Crippen LogP contribution in [-0.4, -0.2) is 47.7 Å². The molecule has 1 N–H and O–H groups in total. The minimum absolute atomic E-state index is 0.154. The number of ether oxygens (including phenoxy) is 1. The molecule has 21 heavy (non-hydrogen) atoms. The van der Waals surface area contributed by atoms with Crippen molar-refractivity contribution in [3.63, 3.8) is 0 Å². The predicted molar refractivity (Wildman–Crippen MR) is 76.6 cm³/mol. The summed E-state index contributed by atoms with van der Waals surface area (Å²) in [6.45, 7) is 0.302. The molecular weight excluding hydrogens is 345 g/mol. The lowest BCUT2D eigenvalue weighted by molar-refractivity contribution is -0.137. The second-order valence-corrected chi connectivity index (χ2v) is 5.78. The summed E-state index contributed by atoms with van der Waals surface area (Å²) in [5.41, 5.74) is 0.183. The fraction of sp³-hybridized carbons (Fsp3) is 0.429. The van der Waals surface area contributed by atoms with Crippen LogP contribution in [0.25, 0.3) is 0 Å². The number of hydrogen-bond acceptors (Lipinski definition) is 3. The Morgan fingerprint density at radius 3 is 2.86 bits per heavy atom. The third kappa shape index (κ3) is 3.59. The first kappa shape index (κ1) is 15.9. The molecule has 1 aliphatic rings. The summed E-state index contributed by atoms with van der Waals surface area (Å²) in [5.74, 6) is -1.89. The van der Waals surface area contributed by atoms with Crippen molar-refractivity contribution in [1.29, 1.82) is 0 Å². The van der Waals surface area contributed by atoms with Gasteiger partial charge in [-0.05, 0) is 40.5 Å². The molecule has 2 atom stereocenters. The Balaban J connectivity index is 2.26. The number of hydrogen-bond donors (Lipinski definition) is 1. The molecule has 5 nitrogen and oxygen atoms in total. The van der Waals surface area contributed by atoms with Crippen molar-refractivity contribution in [1.82, 2.24) is 4.90 Å². The molecule has 1 aliphatic heterocycles. The lowest BCUT2D eigenvalue weighted by atomic mass is 10.1. The average molecular weight is 360 g/mol. The van der Waals surface area contributed by atoms with Gasteiger partial charge in [-0.15, -0.1) is 0 Å². The van der Waals surface area contributed by atoms with E-state index in [0.29, 0.717) is 17.4 Å². The van der Waals surface area contributed by atoms with Gasteiger partial charge in [0.2, 0.25) is 0 Å². The van der Waals surface area contributed by atoms with E-state index in [4.69, 9.17) is 9.84 Å². The van der Waals surface area contributed by atoms with Crippen molar-refractivity contribution in [2.45, 2.75) is 25.0 Å². The Bertz CT molecular complexity index is 566. The molecule has 0 saturated carbocycles. The molecule has 0 aliphatic carbocycles. The van der Waals surface area contributed by atoms with Crippen molar-refractivity contribution in [2.24, 2.45) is 0 Å². The highest BCUT2D eigenvalue weighted by molar-refractivity contribution is 9.10. The van der Waals surface area contributed by atoms with Crippen molar-refractivity contribution < 1.29 is 23.8 Å². The van der Waals surface area contributed by atoms with Crippen molar-refractivity contribution in [3.05, 3.63) is 34.1 Å². The smallest absolute Gasteiger partial charge is 0.305 e. The van der Waals surface area contributed by atoms with Crippen LogP contribution in [0.5, 0.6) is 0 Å². The third-order valence-electron chi connectivity index (χ3n) is 3.54. The van der Waals surface area contributed by atoms with E-state index < -0.39 is 23.7 Å². The Morgan fingerprint density at radius 1 is 1.52 bits per heavy atom. The van der Waals surface area contributed by atoms with Crippen molar-refractivity contribution in [3.8, 4) is 0 Å². The van der Waals surface area contributed by atoms with E-state index in [0.717, 1.165) is 6.07 Å². The SMILES string of the molecule is COC1CC(CC(=O)O)N(C(=O)c2cc(F)ccc2Br)C1. The number of carbonyl (C=O) groups excluding carboxylic acids is 1. The Labute approximate surface area is 129 Å². The molecule has 1 heterocycles. The minimum Gasteiger partial charge on any atom is -0.481 e. The maximum Gasteiger partial charge on any atom is 0.305 e. The van der Waals surface area contributed by atoms with E-state index in [1.807, 2.05) is 0 Å². The fourth-order valence-corrected chi connectivity index (χ4v) is 2.92. The number of methoxy groups -OCH3 is 1. The molecule has 1 amide bonds. The van der Waals surface area contributed by atoms with Crippen LogP contribution in [0, 0.1) is 5.82 Å². The maximum atomic E-state index is 13.3. The molecule has 114 valence electrons. The first-order valence-corrected chi connectivity index (χ1v) is 7.22.